The van der Waals surface area contributed by atoms with Crippen LogP contribution in [0.15, 0.2) is 18.2 Å². The van der Waals surface area contributed by atoms with Gasteiger partial charge in [-0.2, -0.15) is 5.26 Å². The molecule has 0 aliphatic heterocycles. The Bertz CT molecular complexity index is 412. The van der Waals surface area contributed by atoms with Gasteiger partial charge in [0.25, 0.3) is 0 Å². The third kappa shape index (κ3) is 2.96. The minimum absolute atomic E-state index is 0.182. The number of nitrogens with one attached hydrogen (secondary N) is 1. The lowest BCUT2D eigenvalue weighted by atomic mass is 9.97. The van der Waals surface area contributed by atoms with Crippen molar-refractivity contribution in [3.8, 4) is 6.07 Å². The summed E-state index contributed by atoms with van der Waals surface area (Å²) in [5, 5.41) is 30.8. The average Bonchev–Trinajstić information content (AvgIpc) is 2.37. The fourth-order valence-corrected chi connectivity index (χ4v) is 1.59. The lowest BCUT2D eigenvalue weighted by Gasteiger charge is -2.31. The highest BCUT2D eigenvalue weighted by molar-refractivity contribution is 5.59. The first-order chi connectivity index (χ1) is 8.10. The van der Waals surface area contributed by atoms with Crippen molar-refractivity contribution in [2.75, 3.05) is 18.5 Å². The maximum absolute atomic E-state index is 9.35. The van der Waals surface area contributed by atoms with E-state index in [2.05, 4.69) is 11.4 Å². The number of rotatable bonds is 5. The van der Waals surface area contributed by atoms with Crippen LogP contribution >= 0.6 is 0 Å². The van der Waals surface area contributed by atoms with E-state index in [1.165, 1.54) is 0 Å². The Morgan fingerprint density at radius 3 is 2.47 bits per heavy atom. The summed E-state index contributed by atoms with van der Waals surface area (Å²) in [6.07, 6.45) is 0.568. The molecule has 0 unspecified atom stereocenters. The Kier molecular flexibility index (Phi) is 4.50. The zero-order valence-electron chi connectivity index (χ0n) is 10.2. The van der Waals surface area contributed by atoms with E-state index >= 15 is 0 Å². The molecule has 0 aromatic heterocycles. The van der Waals surface area contributed by atoms with Gasteiger partial charge in [0.1, 0.15) is 6.07 Å². The van der Waals surface area contributed by atoms with Gasteiger partial charge >= 0.3 is 0 Å². The second-order valence-corrected chi connectivity index (χ2v) is 4.24. The molecule has 0 fully saturated rings. The number of aryl methyl sites for hydroxylation is 1. The van der Waals surface area contributed by atoms with E-state index in [-0.39, 0.29) is 13.2 Å². The van der Waals surface area contributed by atoms with Gasteiger partial charge in [-0.15, -0.1) is 0 Å². The van der Waals surface area contributed by atoms with E-state index in [9.17, 15) is 10.2 Å². The predicted molar refractivity (Wildman–Crippen MR) is 66.7 cm³/mol. The van der Waals surface area contributed by atoms with Gasteiger partial charge in [0.15, 0.2) is 0 Å². The highest BCUT2D eigenvalue weighted by atomic mass is 16.3. The molecule has 4 heteroatoms. The number of nitrogens with zero attached hydrogens (tertiary/aromatic N) is 1. The topological polar surface area (TPSA) is 76.3 Å². The van der Waals surface area contributed by atoms with Crippen LogP contribution in [0.5, 0.6) is 0 Å². The zero-order valence-corrected chi connectivity index (χ0v) is 10.2. The number of hydrogen-bond donors (Lipinski definition) is 3. The van der Waals surface area contributed by atoms with E-state index in [1.54, 1.807) is 12.1 Å². The van der Waals surface area contributed by atoms with Gasteiger partial charge in [-0.3, -0.25) is 0 Å². The molecule has 4 nitrogen and oxygen atoms in total. The van der Waals surface area contributed by atoms with E-state index < -0.39 is 5.54 Å². The van der Waals surface area contributed by atoms with Crippen LogP contribution in [0.4, 0.5) is 5.69 Å². The van der Waals surface area contributed by atoms with Crippen LogP contribution in [0.25, 0.3) is 0 Å². The van der Waals surface area contributed by atoms with Crippen molar-refractivity contribution in [1.82, 2.24) is 0 Å². The maximum atomic E-state index is 9.35. The van der Waals surface area contributed by atoms with E-state index in [4.69, 9.17) is 5.26 Å². The lowest BCUT2D eigenvalue weighted by molar-refractivity contribution is 0.132. The molecule has 0 saturated carbocycles. The summed E-state index contributed by atoms with van der Waals surface area (Å²) in [5.74, 6) is 0. The lowest BCUT2D eigenvalue weighted by Crippen LogP contribution is -2.45. The second-order valence-electron chi connectivity index (χ2n) is 4.24. The Balaban J connectivity index is 3.06. The van der Waals surface area contributed by atoms with Crippen molar-refractivity contribution in [3.63, 3.8) is 0 Å². The summed E-state index contributed by atoms with van der Waals surface area (Å²) in [7, 11) is 0. The predicted octanol–water partition coefficient (Wildman–Crippen LogP) is 1.41. The summed E-state index contributed by atoms with van der Waals surface area (Å²) in [5.41, 5.74) is 1.39. The summed E-state index contributed by atoms with van der Waals surface area (Å²) < 4.78 is 0. The first-order valence-electron chi connectivity index (χ1n) is 5.61. The largest absolute Gasteiger partial charge is 0.394 e. The summed E-state index contributed by atoms with van der Waals surface area (Å²) in [4.78, 5) is 0. The molecule has 0 atom stereocenters. The van der Waals surface area contributed by atoms with Crippen molar-refractivity contribution < 1.29 is 10.2 Å². The number of nitriles is 1. The molecule has 1 aromatic carbocycles. The molecule has 0 amide bonds. The van der Waals surface area contributed by atoms with E-state index in [0.717, 1.165) is 5.56 Å². The van der Waals surface area contributed by atoms with Crippen LogP contribution in [0.1, 0.15) is 24.5 Å². The highest BCUT2D eigenvalue weighted by Crippen LogP contribution is 2.22. The average molecular weight is 234 g/mol. The van der Waals surface area contributed by atoms with Crippen LogP contribution in [0.3, 0.4) is 0 Å². The van der Waals surface area contributed by atoms with Crippen LogP contribution in [-0.2, 0) is 0 Å². The van der Waals surface area contributed by atoms with Crippen LogP contribution < -0.4 is 5.32 Å². The minimum atomic E-state index is -0.777. The molecular formula is C13H18N2O2. The molecule has 0 heterocycles. The summed E-state index contributed by atoms with van der Waals surface area (Å²) in [6.45, 7) is 3.42. The van der Waals surface area contributed by atoms with Crippen molar-refractivity contribution in [3.05, 3.63) is 29.3 Å². The Hall–Kier alpha value is -1.57. The molecule has 0 aliphatic carbocycles. The van der Waals surface area contributed by atoms with Gasteiger partial charge in [-0.1, -0.05) is 13.0 Å². The molecule has 1 aromatic rings. The van der Waals surface area contributed by atoms with Gasteiger partial charge in [0.2, 0.25) is 0 Å². The minimum Gasteiger partial charge on any atom is -0.394 e. The van der Waals surface area contributed by atoms with Gasteiger partial charge < -0.3 is 15.5 Å². The molecule has 3 N–H and O–H groups in total. The van der Waals surface area contributed by atoms with E-state index in [1.807, 2.05) is 19.9 Å². The monoisotopic (exact) mass is 234 g/mol. The van der Waals surface area contributed by atoms with Crippen LogP contribution in [0.2, 0.25) is 0 Å². The van der Waals surface area contributed by atoms with Gasteiger partial charge in [0, 0.05) is 0 Å². The number of aliphatic hydroxyl groups excluding tert-OH is 2. The number of aliphatic hydroxyl groups is 2. The number of hydrogen-bond acceptors (Lipinski definition) is 4. The van der Waals surface area contributed by atoms with Crippen LogP contribution in [0, 0.1) is 18.3 Å². The first-order valence-corrected chi connectivity index (χ1v) is 5.61. The number of benzene rings is 1. The van der Waals surface area contributed by atoms with Crippen molar-refractivity contribution >= 4 is 5.69 Å². The molecule has 17 heavy (non-hydrogen) atoms. The highest BCUT2D eigenvalue weighted by Gasteiger charge is 2.26. The number of anilines is 1. The molecule has 0 spiro atoms. The molecule has 0 aliphatic rings. The molecule has 1 rings (SSSR count). The molecular weight excluding hydrogens is 216 g/mol. The van der Waals surface area contributed by atoms with E-state index in [0.29, 0.717) is 17.7 Å². The third-order valence-corrected chi connectivity index (χ3v) is 2.98. The maximum Gasteiger partial charge on any atom is 0.101 e. The normalized spacial score (nSPS) is 11.0. The fourth-order valence-electron chi connectivity index (χ4n) is 1.59. The Labute approximate surface area is 102 Å². The van der Waals surface area contributed by atoms with Gasteiger partial charge in [0.05, 0.1) is 30.0 Å². The van der Waals surface area contributed by atoms with Crippen molar-refractivity contribution in [2.45, 2.75) is 25.8 Å². The van der Waals surface area contributed by atoms with Gasteiger partial charge in [-0.25, -0.2) is 0 Å². The zero-order chi connectivity index (χ0) is 12.9. The van der Waals surface area contributed by atoms with Crippen LogP contribution in [-0.4, -0.2) is 29.0 Å². The molecule has 92 valence electrons. The first kappa shape index (κ1) is 13.5. The fraction of sp³-hybridized carbons (Fsp3) is 0.462. The molecule has 0 saturated heterocycles. The SMILES string of the molecule is CCC(CO)(CO)Nc1ccc(C)cc1C#N. The van der Waals surface area contributed by atoms with Crippen molar-refractivity contribution in [2.24, 2.45) is 0 Å². The smallest absolute Gasteiger partial charge is 0.101 e. The Morgan fingerprint density at radius 1 is 1.35 bits per heavy atom. The molecule has 0 radical (unpaired) electrons. The molecule has 0 bridgehead atoms. The summed E-state index contributed by atoms with van der Waals surface area (Å²) in [6, 6.07) is 7.56. The Morgan fingerprint density at radius 2 is 2.00 bits per heavy atom. The quantitative estimate of drug-likeness (QED) is 0.720. The third-order valence-electron chi connectivity index (χ3n) is 2.98. The van der Waals surface area contributed by atoms with Gasteiger partial charge in [-0.05, 0) is 31.0 Å². The summed E-state index contributed by atoms with van der Waals surface area (Å²) >= 11 is 0. The standard InChI is InChI=1S/C13H18N2O2/c1-3-13(8-16,9-17)15-12-5-4-10(2)6-11(12)7-14/h4-6,15-17H,3,8-9H2,1-2H3. The van der Waals surface area contributed by atoms with Crippen molar-refractivity contribution in [1.29, 1.82) is 5.26 Å². The second kappa shape index (κ2) is 5.67.